The highest BCUT2D eigenvalue weighted by molar-refractivity contribution is 4.91. The van der Waals surface area contributed by atoms with Crippen LogP contribution in [0, 0.1) is 0 Å². The van der Waals surface area contributed by atoms with Crippen molar-refractivity contribution in [3.05, 3.63) is 12.7 Å². The van der Waals surface area contributed by atoms with Gasteiger partial charge >= 0.3 is 0 Å². The van der Waals surface area contributed by atoms with E-state index >= 15 is 0 Å². The zero-order valence-corrected chi connectivity index (χ0v) is 9.05. The summed E-state index contributed by atoms with van der Waals surface area (Å²) >= 11 is 0. The lowest BCUT2D eigenvalue weighted by Crippen LogP contribution is -2.24. The van der Waals surface area contributed by atoms with Gasteiger partial charge in [0.05, 0.1) is 11.7 Å². The maximum Gasteiger partial charge on any atom is 0.0819 e. The van der Waals surface area contributed by atoms with Crippen LogP contribution in [0.4, 0.5) is 0 Å². The molecule has 0 heterocycles. The largest absolute Gasteiger partial charge is 0.386 e. The van der Waals surface area contributed by atoms with Crippen LogP contribution in [0.1, 0.15) is 40.0 Å². The van der Waals surface area contributed by atoms with Gasteiger partial charge in [0.25, 0.3) is 0 Å². The summed E-state index contributed by atoms with van der Waals surface area (Å²) in [6.45, 7) is 10.1. The van der Waals surface area contributed by atoms with E-state index < -0.39 is 5.60 Å². The van der Waals surface area contributed by atoms with Gasteiger partial charge in [0.1, 0.15) is 0 Å². The van der Waals surface area contributed by atoms with Crippen molar-refractivity contribution < 1.29 is 9.84 Å². The highest BCUT2D eigenvalue weighted by atomic mass is 16.5. The maximum absolute atomic E-state index is 9.58. The van der Waals surface area contributed by atoms with Gasteiger partial charge in [0.15, 0.2) is 0 Å². The molecule has 0 spiro atoms. The van der Waals surface area contributed by atoms with Gasteiger partial charge in [-0.25, -0.2) is 0 Å². The molecule has 0 aromatic carbocycles. The zero-order valence-electron chi connectivity index (χ0n) is 9.05. The van der Waals surface area contributed by atoms with E-state index in [1.54, 1.807) is 13.0 Å². The molecule has 0 aliphatic heterocycles. The van der Waals surface area contributed by atoms with E-state index in [0.29, 0.717) is 19.1 Å². The molecule has 2 heteroatoms. The van der Waals surface area contributed by atoms with Crippen LogP contribution >= 0.6 is 0 Å². The molecule has 1 atom stereocenters. The lowest BCUT2D eigenvalue weighted by molar-refractivity contribution is 0.00779. The van der Waals surface area contributed by atoms with Crippen LogP contribution in [-0.2, 0) is 4.74 Å². The van der Waals surface area contributed by atoms with Crippen molar-refractivity contribution in [2.45, 2.75) is 51.7 Å². The van der Waals surface area contributed by atoms with Crippen LogP contribution in [0.25, 0.3) is 0 Å². The normalized spacial score (nSPS) is 15.8. The van der Waals surface area contributed by atoms with E-state index in [4.69, 9.17) is 4.74 Å². The molecule has 0 rings (SSSR count). The molecule has 0 fully saturated rings. The highest BCUT2D eigenvalue weighted by Crippen LogP contribution is 2.12. The molecule has 0 radical (unpaired) electrons. The van der Waals surface area contributed by atoms with Crippen molar-refractivity contribution in [1.82, 2.24) is 0 Å². The number of hydrogen-bond donors (Lipinski definition) is 1. The van der Waals surface area contributed by atoms with Crippen LogP contribution in [0.5, 0.6) is 0 Å². The van der Waals surface area contributed by atoms with E-state index in [1.807, 2.05) is 0 Å². The van der Waals surface area contributed by atoms with E-state index in [9.17, 15) is 5.11 Å². The monoisotopic (exact) mass is 186 g/mol. The molecule has 0 saturated carbocycles. The van der Waals surface area contributed by atoms with Gasteiger partial charge in [0.2, 0.25) is 0 Å². The summed E-state index contributed by atoms with van der Waals surface area (Å²) in [5.41, 5.74) is -0.786. The lowest BCUT2D eigenvalue weighted by Gasteiger charge is -2.20. The van der Waals surface area contributed by atoms with Crippen LogP contribution in [-0.4, -0.2) is 23.4 Å². The summed E-state index contributed by atoms with van der Waals surface area (Å²) in [5, 5.41) is 9.58. The lowest BCUT2D eigenvalue weighted by atomic mass is 10.0. The van der Waals surface area contributed by atoms with Crippen LogP contribution in [0.2, 0.25) is 0 Å². The third kappa shape index (κ3) is 5.83. The SMILES string of the molecule is C=CC(C)(O)CCOC(CC)CC. The van der Waals surface area contributed by atoms with Gasteiger partial charge in [0, 0.05) is 13.0 Å². The van der Waals surface area contributed by atoms with E-state index in [2.05, 4.69) is 20.4 Å². The summed E-state index contributed by atoms with van der Waals surface area (Å²) in [4.78, 5) is 0. The van der Waals surface area contributed by atoms with Crippen molar-refractivity contribution in [2.75, 3.05) is 6.61 Å². The minimum atomic E-state index is -0.786. The Hall–Kier alpha value is -0.340. The summed E-state index contributed by atoms with van der Waals surface area (Å²) in [5.74, 6) is 0. The Labute approximate surface area is 81.6 Å². The quantitative estimate of drug-likeness (QED) is 0.619. The first-order chi connectivity index (χ1) is 6.05. The predicted octanol–water partition coefficient (Wildman–Crippen LogP) is 2.52. The van der Waals surface area contributed by atoms with Crippen LogP contribution < -0.4 is 0 Å². The Morgan fingerprint density at radius 2 is 2.00 bits per heavy atom. The van der Waals surface area contributed by atoms with Crippen LogP contribution in [0.15, 0.2) is 12.7 Å². The van der Waals surface area contributed by atoms with Crippen molar-refractivity contribution >= 4 is 0 Å². The molecule has 0 amide bonds. The fourth-order valence-electron chi connectivity index (χ4n) is 1.06. The van der Waals surface area contributed by atoms with Gasteiger partial charge in [-0.2, -0.15) is 0 Å². The third-order valence-electron chi connectivity index (χ3n) is 2.31. The van der Waals surface area contributed by atoms with Crippen molar-refractivity contribution in [3.63, 3.8) is 0 Å². The second kappa shape index (κ2) is 6.17. The Morgan fingerprint density at radius 1 is 1.46 bits per heavy atom. The Balaban J connectivity index is 3.60. The molecule has 0 saturated heterocycles. The number of ether oxygens (including phenoxy) is 1. The van der Waals surface area contributed by atoms with Gasteiger partial charge in [-0.15, -0.1) is 6.58 Å². The highest BCUT2D eigenvalue weighted by Gasteiger charge is 2.15. The van der Waals surface area contributed by atoms with E-state index in [-0.39, 0.29) is 0 Å². The minimum absolute atomic E-state index is 0.334. The Kier molecular flexibility index (Phi) is 6.00. The average molecular weight is 186 g/mol. The van der Waals surface area contributed by atoms with Crippen molar-refractivity contribution in [1.29, 1.82) is 0 Å². The van der Waals surface area contributed by atoms with Crippen LogP contribution in [0.3, 0.4) is 0 Å². The molecule has 1 N–H and O–H groups in total. The molecule has 0 bridgehead atoms. The molecular weight excluding hydrogens is 164 g/mol. The maximum atomic E-state index is 9.58. The first-order valence-corrected chi connectivity index (χ1v) is 5.03. The van der Waals surface area contributed by atoms with Gasteiger partial charge < -0.3 is 9.84 Å². The molecular formula is C11H22O2. The smallest absolute Gasteiger partial charge is 0.0819 e. The summed E-state index contributed by atoms with van der Waals surface area (Å²) in [6.07, 6.45) is 4.58. The van der Waals surface area contributed by atoms with Crippen molar-refractivity contribution in [3.8, 4) is 0 Å². The summed E-state index contributed by atoms with van der Waals surface area (Å²) in [6, 6.07) is 0. The Bertz CT molecular complexity index is 137. The van der Waals surface area contributed by atoms with E-state index in [1.165, 1.54) is 0 Å². The molecule has 2 nitrogen and oxygen atoms in total. The second-order valence-corrected chi connectivity index (χ2v) is 3.62. The van der Waals surface area contributed by atoms with Gasteiger partial charge in [-0.3, -0.25) is 0 Å². The molecule has 1 unspecified atom stereocenters. The number of hydrogen-bond acceptors (Lipinski definition) is 2. The first-order valence-electron chi connectivity index (χ1n) is 5.03. The van der Waals surface area contributed by atoms with Gasteiger partial charge in [-0.05, 0) is 19.8 Å². The predicted molar refractivity (Wildman–Crippen MR) is 55.8 cm³/mol. The Morgan fingerprint density at radius 3 is 2.38 bits per heavy atom. The molecule has 13 heavy (non-hydrogen) atoms. The average Bonchev–Trinajstić information content (AvgIpc) is 2.12. The standard InChI is InChI=1S/C11H22O2/c1-5-10(6-2)13-9-8-11(4,12)7-3/h7,10,12H,3,5-6,8-9H2,1-2,4H3. The molecule has 0 aliphatic carbocycles. The third-order valence-corrected chi connectivity index (χ3v) is 2.31. The summed E-state index contributed by atoms with van der Waals surface area (Å²) < 4.78 is 5.57. The van der Waals surface area contributed by atoms with E-state index in [0.717, 1.165) is 12.8 Å². The molecule has 78 valence electrons. The topological polar surface area (TPSA) is 29.5 Å². The fraction of sp³-hybridized carbons (Fsp3) is 0.818. The number of aliphatic hydroxyl groups is 1. The zero-order chi connectivity index (χ0) is 10.3. The van der Waals surface area contributed by atoms with Crippen molar-refractivity contribution in [2.24, 2.45) is 0 Å². The summed E-state index contributed by atoms with van der Waals surface area (Å²) in [7, 11) is 0. The molecule has 0 aromatic heterocycles. The fourth-order valence-corrected chi connectivity index (χ4v) is 1.06. The number of rotatable bonds is 7. The molecule has 0 aromatic rings. The first kappa shape index (κ1) is 12.7. The second-order valence-electron chi connectivity index (χ2n) is 3.62. The minimum Gasteiger partial charge on any atom is -0.386 e. The molecule has 0 aliphatic rings. The van der Waals surface area contributed by atoms with Gasteiger partial charge in [-0.1, -0.05) is 19.9 Å².